The van der Waals surface area contributed by atoms with E-state index in [4.69, 9.17) is 4.74 Å². The van der Waals surface area contributed by atoms with Crippen molar-refractivity contribution in [2.75, 3.05) is 11.9 Å². The molecule has 0 unspecified atom stereocenters. The quantitative estimate of drug-likeness (QED) is 0.499. The Balaban J connectivity index is 1.89. The lowest BCUT2D eigenvalue weighted by atomic mass is 10.1. The first-order chi connectivity index (χ1) is 12.0. The minimum atomic E-state index is -0.831. The standard InChI is InChI=1S/C19H21N3O3/c1-4-25-16-8-6-15(7-9-16)12-20-22-19(24)18(23)21-17-10-5-13(2)11-14(17)3/h5-12H,4H2,1-3H3,(H,21,23)(H,22,24). The monoisotopic (exact) mass is 339 g/mol. The number of nitrogens with one attached hydrogen (secondary N) is 2. The third kappa shape index (κ3) is 5.46. The molecular weight excluding hydrogens is 318 g/mol. The van der Waals surface area contributed by atoms with E-state index in [1.54, 1.807) is 30.3 Å². The molecule has 6 nitrogen and oxygen atoms in total. The summed E-state index contributed by atoms with van der Waals surface area (Å²) in [6.07, 6.45) is 1.46. The third-order valence-electron chi connectivity index (χ3n) is 3.41. The van der Waals surface area contributed by atoms with Crippen LogP contribution in [-0.4, -0.2) is 24.6 Å². The predicted octanol–water partition coefficient (Wildman–Crippen LogP) is 2.79. The summed E-state index contributed by atoms with van der Waals surface area (Å²) in [6.45, 7) is 6.33. The van der Waals surface area contributed by atoms with E-state index in [0.717, 1.165) is 22.4 Å². The number of amides is 2. The fourth-order valence-electron chi connectivity index (χ4n) is 2.17. The molecule has 130 valence electrons. The van der Waals surface area contributed by atoms with E-state index in [2.05, 4.69) is 15.8 Å². The van der Waals surface area contributed by atoms with Crippen molar-refractivity contribution in [1.29, 1.82) is 0 Å². The van der Waals surface area contributed by atoms with Crippen molar-refractivity contribution < 1.29 is 14.3 Å². The molecule has 2 aromatic carbocycles. The second-order valence-corrected chi connectivity index (χ2v) is 5.47. The molecule has 25 heavy (non-hydrogen) atoms. The van der Waals surface area contributed by atoms with Gasteiger partial charge in [0.2, 0.25) is 0 Å². The topological polar surface area (TPSA) is 79.8 Å². The second-order valence-electron chi connectivity index (χ2n) is 5.47. The van der Waals surface area contributed by atoms with E-state index < -0.39 is 11.8 Å². The zero-order chi connectivity index (χ0) is 18.2. The van der Waals surface area contributed by atoms with Gasteiger partial charge in [-0.15, -0.1) is 0 Å². The average molecular weight is 339 g/mol. The number of anilines is 1. The van der Waals surface area contributed by atoms with Crippen LogP contribution < -0.4 is 15.5 Å². The molecule has 0 aliphatic heterocycles. The van der Waals surface area contributed by atoms with Crippen LogP contribution in [0, 0.1) is 13.8 Å². The normalized spacial score (nSPS) is 10.5. The lowest BCUT2D eigenvalue weighted by Gasteiger charge is -2.08. The van der Waals surface area contributed by atoms with Crippen molar-refractivity contribution in [3.8, 4) is 5.75 Å². The summed E-state index contributed by atoms with van der Waals surface area (Å²) >= 11 is 0. The van der Waals surface area contributed by atoms with Crippen molar-refractivity contribution in [2.45, 2.75) is 20.8 Å². The summed E-state index contributed by atoms with van der Waals surface area (Å²) < 4.78 is 5.34. The van der Waals surface area contributed by atoms with Crippen molar-refractivity contribution in [1.82, 2.24) is 5.43 Å². The molecule has 2 rings (SSSR count). The van der Waals surface area contributed by atoms with Gasteiger partial charge in [0.1, 0.15) is 5.75 Å². The van der Waals surface area contributed by atoms with E-state index >= 15 is 0 Å². The Morgan fingerprint density at radius 1 is 1.08 bits per heavy atom. The predicted molar refractivity (Wildman–Crippen MR) is 97.9 cm³/mol. The number of ether oxygens (including phenoxy) is 1. The number of benzene rings is 2. The average Bonchev–Trinajstić information content (AvgIpc) is 2.59. The summed E-state index contributed by atoms with van der Waals surface area (Å²) in [7, 11) is 0. The fraction of sp³-hybridized carbons (Fsp3) is 0.211. The molecule has 0 aromatic heterocycles. The van der Waals surface area contributed by atoms with Gasteiger partial charge >= 0.3 is 11.8 Å². The van der Waals surface area contributed by atoms with Crippen molar-refractivity contribution in [2.24, 2.45) is 5.10 Å². The van der Waals surface area contributed by atoms with Crippen LogP contribution in [0.1, 0.15) is 23.6 Å². The van der Waals surface area contributed by atoms with E-state index in [-0.39, 0.29) is 0 Å². The Labute approximate surface area is 146 Å². The Morgan fingerprint density at radius 3 is 2.44 bits per heavy atom. The molecule has 0 aliphatic rings. The number of carbonyl (C=O) groups excluding carboxylic acids is 2. The van der Waals surface area contributed by atoms with Gasteiger partial charge in [0.05, 0.1) is 12.8 Å². The molecule has 2 aromatic rings. The van der Waals surface area contributed by atoms with Crippen molar-refractivity contribution >= 4 is 23.7 Å². The number of aryl methyl sites for hydroxylation is 2. The summed E-state index contributed by atoms with van der Waals surface area (Å²) in [5.41, 5.74) is 5.56. The molecule has 6 heteroatoms. The van der Waals surface area contributed by atoms with Gasteiger partial charge in [0, 0.05) is 5.69 Å². The maximum atomic E-state index is 11.9. The highest BCUT2D eigenvalue weighted by Crippen LogP contribution is 2.15. The maximum absolute atomic E-state index is 11.9. The molecular formula is C19H21N3O3. The first-order valence-electron chi connectivity index (χ1n) is 7.94. The smallest absolute Gasteiger partial charge is 0.329 e. The molecule has 0 saturated heterocycles. The first-order valence-corrected chi connectivity index (χ1v) is 7.94. The molecule has 0 aliphatic carbocycles. The highest BCUT2D eigenvalue weighted by Gasteiger charge is 2.13. The molecule has 0 spiro atoms. The van der Waals surface area contributed by atoms with E-state index in [9.17, 15) is 9.59 Å². The van der Waals surface area contributed by atoms with Gasteiger partial charge < -0.3 is 10.1 Å². The lowest BCUT2D eigenvalue weighted by molar-refractivity contribution is -0.136. The zero-order valence-corrected chi connectivity index (χ0v) is 14.5. The van der Waals surface area contributed by atoms with Crippen molar-refractivity contribution in [3.63, 3.8) is 0 Å². The van der Waals surface area contributed by atoms with Gasteiger partial charge in [-0.25, -0.2) is 5.43 Å². The van der Waals surface area contributed by atoms with Gasteiger partial charge in [-0.3, -0.25) is 9.59 Å². The van der Waals surface area contributed by atoms with E-state index in [1.807, 2.05) is 32.9 Å². The molecule has 0 heterocycles. The summed E-state index contributed by atoms with van der Waals surface area (Å²) in [5, 5.41) is 6.36. The minimum Gasteiger partial charge on any atom is -0.494 e. The maximum Gasteiger partial charge on any atom is 0.329 e. The number of nitrogens with zero attached hydrogens (tertiary/aromatic N) is 1. The number of hydrogen-bond acceptors (Lipinski definition) is 4. The number of carbonyl (C=O) groups is 2. The van der Waals surface area contributed by atoms with Crippen LogP contribution in [0.5, 0.6) is 5.75 Å². The van der Waals surface area contributed by atoms with Gasteiger partial charge in [-0.2, -0.15) is 5.10 Å². The lowest BCUT2D eigenvalue weighted by Crippen LogP contribution is -2.32. The van der Waals surface area contributed by atoms with Crippen molar-refractivity contribution in [3.05, 3.63) is 59.2 Å². The van der Waals surface area contributed by atoms with Gasteiger partial charge in [0.15, 0.2) is 0 Å². The fourth-order valence-corrected chi connectivity index (χ4v) is 2.17. The summed E-state index contributed by atoms with van der Waals surface area (Å²) in [5.74, 6) is -0.838. The molecule has 0 radical (unpaired) electrons. The Hall–Kier alpha value is -3.15. The Bertz CT molecular complexity index is 783. The summed E-state index contributed by atoms with van der Waals surface area (Å²) in [6, 6.07) is 12.8. The molecule has 0 bridgehead atoms. The van der Waals surface area contributed by atoms with Crippen LogP contribution in [0.25, 0.3) is 0 Å². The number of hydrogen-bond donors (Lipinski definition) is 2. The van der Waals surface area contributed by atoms with Crippen LogP contribution >= 0.6 is 0 Å². The number of hydrazone groups is 1. The van der Waals surface area contributed by atoms with Crippen LogP contribution in [-0.2, 0) is 9.59 Å². The van der Waals surface area contributed by atoms with Crippen LogP contribution in [0.4, 0.5) is 5.69 Å². The van der Waals surface area contributed by atoms with Gasteiger partial charge in [0.25, 0.3) is 0 Å². The largest absolute Gasteiger partial charge is 0.494 e. The van der Waals surface area contributed by atoms with Crippen LogP contribution in [0.15, 0.2) is 47.6 Å². The SMILES string of the molecule is CCOc1ccc(C=NNC(=O)C(=O)Nc2ccc(C)cc2C)cc1. The van der Waals surface area contributed by atoms with Gasteiger partial charge in [-0.1, -0.05) is 17.7 Å². The molecule has 0 saturated carbocycles. The Kier molecular flexibility index (Phi) is 6.28. The third-order valence-corrected chi connectivity index (χ3v) is 3.41. The molecule has 0 atom stereocenters. The second kappa shape index (κ2) is 8.63. The van der Waals surface area contributed by atoms with Crippen LogP contribution in [0.3, 0.4) is 0 Å². The number of rotatable bonds is 5. The molecule has 2 amide bonds. The van der Waals surface area contributed by atoms with Crippen LogP contribution in [0.2, 0.25) is 0 Å². The highest BCUT2D eigenvalue weighted by atomic mass is 16.5. The molecule has 0 fully saturated rings. The molecule has 2 N–H and O–H groups in total. The Morgan fingerprint density at radius 2 is 1.80 bits per heavy atom. The minimum absolute atomic E-state index is 0.596. The van der Waals surface area contributed by atoms with E-state index in [0.29, 0.717) is 12.3 Å². The van der Waals surface area contributed by atoms with Gasteiger partial charge in [-0.05, 0) is 62.2 Å². The van der Waals surface area contributed by atoms with E-state index in [1.165, 1.54) is 6.21 Å². The first kappa shape index (κ1) is 18.2. The zero-order valence-electron chi connectivity index (χ0n) is 14.5. The highest BCUT2D eigenvalue weighted by molar-refractivity contribution is 6.39. The summed E-state index contributed by atoms with van der Waals surface area (Å²) in [4.78, 5) is 23.7.